The van der Waals surface area contributed by atoms with Crippen LogP contribution in [0.3, 0.4) is 0 Å². The number of hydrogen-bond donors (Lipinski definition) is 1. The Hall–Kier alpha value is -2.00. The van der Waals surface area contributed by atoms with Crippen LogP contribution in [0.1, 0.15) is 5.56 Å². The van der Waals surface area contributed by atoms with E-state index in [1.165, 1.54) is 0 Å². The molecule has 0 radical (unpaired) electrons. The van der Waals surface area contributed by atoms with Crippen molar-refractivity contribution in [2.75, 3.05) is 12.4 Å². The van der Waals surface area contributed by atoms with Gasteiger partial charge in [0.15, 0.2) is 0 Å². The second-order valence-corrected chi connectivity index (χ2v) is 4.49. The van der Waals surface area contributed by atoms with Crippen LogP contribution in [0.2, 0.25) is 5.02 Å². The van der Waals surface area contributed by atoms with Crippen LogP contribution in [0.15, 0.2) is 48.5 Å². The molecular formula is C15H14ClNO2. The van der Waals surface area contributed by atoms with E-state index in [9.17, 15) is 4.79 Å². The number of methoxy groups -OCH3 is 1. The van der Waals surface area contributed by atoms with Crippen LogP contribution in [0.5, 0.6) is 5.75 Å². The zero-order chi connectivity index (χ0) is 13.7. The Bertz CT molecular complexity index is 584. The third kappa shape index (κ3) is 3.73. The quantitative estimate of drug-likeness (QED) is 0.927. The summed E-state index contributed by atoms with van der Waals surface area (Å²) in [6.45, 7) is 0. The molecule has 1 amide bonds. The first-order chi connectivity index (χ1) is 9.19. The summed E-state index contributed by atoms with van der Waals surface area (Å²) < 4.78 is 5.18. The van der Waals surface area contributed by atoms with Gasteiger partial charge < -0.3 is 10.1 Å². The van der Waals surface area contributed by atoms with Crippen molar-refractivity contribution >= 4 is 23.2 Å². The van der Waals surface area contributed by atoms with E-state index in [-0.39, 0.29) is 12.3 Å². The maximum atomic E-state index is 12.0. The molecule has 0 atom stereocenters. The van der Waals surface area contributed by atoms with Crippen molar-refractivity contribution in [2.24, 2.45) is 0 Å². The summed E-state index contributed by atoms with van der Waals surface area (Å²) in [4.78, 5) is 12.0. The smallest absolute Gasteiger partial charge is 0.228 e. The molecule has 0 saturated heterocycles. The van der Waals surface area contributed by atoms with E-state index in [1.807, 2.05) is 24.3 Å². The highest BCUT2D eigenvalue weighted by atomic mass is 35.5. The highest BCUT2D eigenvalue weighted by Crippen LogP contribution is 2.23. The van der Waals surface area contributed by atoms with Gasteiger partial charge >= 0.3 is 0 Å². The summed E-state index contributed by atoms with van der Waals surface area (Å²) in [6, 6.07) is 14.6. The monoisotopic (exact) mass is 275 g/mol. The van der Waals surface area contributed by atoms with Crippen molar-refractivity contribution in [3.05, 3.63) is 59.1 Å². The van der Waals surface area contributed by atoms with Crippen LogP contribution in [-0.4, -0.2) is 13.0 Å². The van der Waals surface area contributed by atoms with Crippen molar-refractivity contribution < 1.29 is 9.53 Å². The molecule has 0 unspecified atom stereocenters. The van der Waals surface area contributed by atoms with E-state index in [2.05, 4.69) is 5.32 Å². The van der Waals surface area contributed by atoms with Crippen molar-refractivity contribution in [1.82, 2.24) is 0 Å². The van der Waals surface area contributed by atoms with Gasteiger partial charge in [0.1, 0.15) is 5.75 Å². The van der Waals surface area contributed by atoms with Gasteiger partial charge in [-0.2, -0.15) is 0 Å². The topological polar surface area (TPSA) is 38.3 Å². The molecule has 0 saturated carbocycles. The zero-order valence-corrected chi connectivity index (χ0v) is 11.3. The molecule has 2 aromatic carbocycles. The number of amides is 1. The number of halogens is 1. The highest BCUT2D eigenvalue weighted by molar-refractivity contribution is 6.30. The van der Waals surface area contributed by atoms with Crippen LogP contribution < -0.4 is 10.1 Å². The maximum Gasteiger partial charge on any atom is 0.228 e. The third-order valence-electron chi connectivity index (χ3n) is 2.63. The average Bonchev–Trinajstić information content (AvgIpc) is 2.39. The zero-order valence-electron chi connectivity index (χ0n) is 10.5. The lowest BCUT2D eigenvalue weighted by Crippen LogP contribution is -2.14. The predicted octanol–water partition coefficient (Wildman–Crippen LogP) is 3.53. The van der Waals surface area contributed by atoms with Gasteiger partial charge in [-0.05, 0) is 29.8 Å². The summed E-state index contributed by atoms with van der Waals surface area (Å²) in [6.07, 6.45) is 0.276. The molecule has 4 heteroatoms. The number of hydrogen-bond acceptors (Lipinski definition) is 2. The van der Waals surface area contributed by atoms with E-state index >= 15 is 0 Å². The second-order valence-electron chi connectivity index (χ2n) is 4.06. The van der Waals surface area contributed by atoms with Gasteiger partial charge in [0.25, 0.3) is 0 Å². The predicted molar refractivity (Wildman–Crippen MR) is 76.8 cm³/mol. The molecule has 3 nitrogen and oxygen atoms in total. The van der Waals surface area contributed by atoms with Crippen molar-refractivity contribution in [1.29, 1.82) is 0 Å². The summed E-state index contributed by atoms with van der Waals surface area (Å²) in [5, 5.41) is 3.45. The molecule has 0 aromatic heterocycles. The first-order valence-electron chi connectivity index (χ1n) is 5.86. The molecule has 1 N–H and O–H groups in total. The Labute approximate surface area is 117 Å². The fraction of sp³-hybridized carbons (Fsp3) is 0.133. The minimum atomic E-state index is -0.105. The van der Waals surface area contributed by atoms with Crippen LogP contribution in [-0.2, 0) is 11.2 Å². The fourth-order valence-electron chi connectivity index (χ4n) is 1.77. The van der Waals surface area contributed by atoms with Gasteiger partial charge in [0.05, 0.1) is 19.2 Å². The summed E-state index contributed by atoms with van der Waals surface area (Å²) >= 11 is 5.88. The molecule has 2 rings (SSSR count). The first-order valence-corrected chi connectivity index (χ1v) is 6.24. The summed E-state index contributed by atoms with van der Waals surface area (Å²) in [7, 11) is 1.57. The molecule has 19 heavy (non-hydrogen) atoms. The molecular weight excluding hydrogens is 262 g/mol. The second kappa shape index (κ2) is 6.25. The Morgan fingerprint density at radius 1 is 1.21 bits per heavy atom. The Balaban J connectivity index is 2.05. The number of para-hydroxylation sites is 2. The summed E-state index contributed by atoms with van der Waals surface area (Å²) in [5.74, 6) is 0.536. The van der Waals surface area contributed by atoms with Gasteiger partial charge in [-0.15, -0.1) is 0 Å². The number of carbonyl (C=O) groups is 1. The standard InChI is InChI=1S/C15H14ClNO2/c1-19-14-8-3-2-7-13(14)17-15(18)10-11-5-4-6-12(16)9-11/h2-9H,10H2,1H3,(H,17,18). The van der Waals surface area contributed by atoms with Crippen LogP contribution >= 0.6 is 11.6 Å². The van der Waals surface area contributed by atoms with Gasteiger partial charge in [-0.3, -0.25) is 4.79 Å². The van der Waals surface area contributed by atoms with Gasteiger partial charge in [-0.25, -0.2) is 0 Å². The number of carbonyl (C=O) groups excluding carboxylic acids is 1. The van der Waals surface area contributed by atoms with E-state index in [0.717, 1.165) is 5.56 Å². The van der Waals surface area contributed by atoms with Gasteiger partial charge in [0.2, 0.25) is 5.91 Å². The molecule has 0 fully saturated rings. The molecule has 2 aromatic rings. The number of benzene rings is 2. The number of nitrogens with one attached hydrogen (secondary N) is 1. The Morgan fingerprint density at radius 2 is 2.00 bits per heavy atom. The lowest BCUT2D eigenvalue weighted by molar-refractivity contribution is -0.115. The highest BCUT2D eigenvalue weighted by Gasteiger charge is 2.07. The number of anilines is 1. The van der Waals surface area contributed by atoms with E-state index in [1.54, 1.807) is 31.4 Å². The number of rotatable bonds is 4. The molecule has 0 heterocycles. The minimum Gasteiger partial charge on any atom is -0.495 e. The molecule has 0 aliphatic carbocycles. The Kier molecular flexibility index (Phi) is 4.42. The SMILES string of the molecule is COc1ccccc1NC(=O)Cc1cccc(Cl)c1. The fourth-order valence-corrected chi connectivity index (χ4v) is 1.99. The molecule has 0 bridgehead atoms. The van der Waals surface area contributed by atoms with Crippen LogP contribution in [0.4, 0.5) is 5.69 Å². The Morgan fingerprint density at radius 3 is 2.74 bits per heavy atom. The lowest BCUT2D eigenvalue weighted by atomic mass is 10.1. The first kappa shape index (κ1) is 13.4. The van der Waals surface area contributed by atoms with Crippen LogP contribution in [0, 0.1) is 0 Å². The van der Waals surface area contributed by atoms with Gasteiger partial charge in [0, 0.05) is 5.02 Å². The molecule has 0 spiro atoms. The lowest BCUT2D eigenvalue weighted by Gasteiger charge is -2.09. The molecule has 0 aliphatic heterocycles. The van der Waals surface area contributed by atoms with E-state index in [4.69, 9.17) is 16.3 Å². The van der Waals surface area contributed by atoms with E-state index < -0.39 is 0 Å². The largest absolute Gasteiger partial charge is 0.495 e. The minimum absolute atomic E-state index is 0.105. The van der Waals surface area contributed by atoms with Crippen molar-refractivity contribution in [3.63, 3.8) is 0 Å². The van der Waals surface area contributed by atoms with Gasteiger partial charge in [-0.1, -0.05) is 35.9 Å². The summed E-state index contributed by atoms with van der Waals surface area (Å²) in [5.41, 5.74) is 1.54. The maximum absolute atomic E-state index is 12.0. The van der Waals surface area contributed by atoms with Crippen LogP contribution in [0.25, 0.3) is 0 Å². The normalized spacial score (nSPS) is 10.0. The average molecular weight is 276 g/mol. The van der Waals surface area contributed by atoms with Crippen molar-refractivity contribution in [3.8, 4) is 5.75 Å². The molecule has 98 valence electrons. The molecule has 0 aliphatic rings. The van der Waals surface area contributed by atoms with E-state index in [0.29, 0.717) is 16.5 Å². The number of ether oxygens (including phenoxy) is 1. The van der Waals surface area contributed by atoms with Crippen molar-refractivity contribution in [2.45, 2.75) is 6.42 Å². The third-order valence-corrected chi connectivity index (χ3v) is 2.87.